The van der Waals surface area contributed by atoms with Gasteiger partial charge in [0.15, 0.2) is 11.5 Å². The molecule has 0 unspecified atom stereocenters. The van der Waals surface area contributed by atoms with Gasteiger partial charge in [-0.15, -0.1) is 0 Å². The molecule has 0 aliphatic heterocycles. The van der Waals surface area contributed by atoms with Gasteiger partial charge in [0.25, 0.3) is 0 Å². The Morgan fingerprint density at radius 2 is 1.58 bits per heavy atom. The third-order valence-corrected chi connectivity index (χ3v) is 5.92. The summed E-state index contributed by atoms with van der Waals surface area (Å²) >= 11 is 0. The Hall–Kier alpha value is -5.22. The zero-order chi connectivity index (χ0) is 26.3. The van der Waals surface area contributed by atoms with E-state index in [4.69, 9.17) is 18.9 Å². The first-order valence-corrected chi connectivity index (χ1v) is 11.9. The van der Waals surface area contributed by atoms with E-state index in [0.717, 1.165) is 27.8 Å². The largest absolute Gasteiger partial charge is 0.493 e. The fraction of sp³-hybridized carbons (Fsp3) is 0.0968. The van der Waals surface area contributed by atoms with Gasteiger partial charge in [-0.2, -0.15) is 5.26 Å². The van der Waals surface area contributed by atoms with Gasteiger partial charge in [-0.3, -0.25) is 4.98 Å². The molecule has 0 radical (unpaired) electrons. The topological polar surface area (TPSA) is 85.6 Å². The number of anilines is 2. The molecule has 1 heterocycles. The van der Waals surface area contributed by atoms with E-state index < -0.39 is 0 Å². The second-order valence-electron chi connectivity index (χ2n) is 8.38. The molecule has 7 nitrogen and oxygen atoms in total. The van der Waals surface area contributed by atoms with E-state index in [2.05, 4.69) is 16.4 Å². The smallest absolute Gasteiger partial charge is 0.162 e. The number of fused-ring (bicyclic) bond motifs is 1. The molecule has 38 heavy (non-hydrogen) atoms. The number of hydrogen-bond acceptors (Lipinski definition) is 7. The molecular formula is C31H25N3O4. The Morgan fingerprint density at radius 3 is 2.37 bits per heavy atom. The Morgan fingerprint density at radius 1 is 0.789 bits per heavy atom. The Labute approximate surface area is 220 Å². The van der Waals surface area contributed by atoms with Gasteiger partial charge >= 0.3 is 0 Å². The molecule has 1 N–H and O–H groups in total. The molecule has 4 aromatic carbocycles. The molecule has 1 aromatic heterocycles. The van der Waals surface area contributed by atoms with Crippen LogP contribution in [0.15, 0.2) is 97.2 Å². The van der Waals surface area contributed by atoms with Crippen LogP contribution in [0.1, 0.15) is 11.1 Å². The monoisotopic (exact) mass is 503 g/mol. The lowest BCUT2D eigenvalue weighted by Gasteiger charge is -2.13. The number of nitrogens with one attached hydrogen (secondary N) is 1. The van der Waals surface area contributed by atoms with Gasteiger partial charge in [-0.1, -0.05) is 24.3 Å². The number of nitrogens with zero attached hydrogens (tertiary/aromatic N) is 2. The second-order valence-corrected chi connectivity index (χ2v) is 8.38. The van der Waals surface area contributed by atoms with Crippen molar-refractivity contribution >= 4 is 22.3 Å². The molecule has 0 saturated carbocycles. The lowest BCUT2D eigenvalue weighted by atomic mass is 10.1. The zero-order valence-electron chi connectivity index (χ0n) is 21.0. The highest BCUT2D eigenvalue weighted by Gasteiger charge is 2.10. The first kappa shape index (κ1) is 24.5. The van der Waals surface area contributed by atoms with Crippen LogP contribution in [0.4, 0.5) is 11.4 Å². The van der Waals surface area contributed by atoms with Crippen LogP contribution in [0.5, 0.6) is 28.7 Å². The number of para-hydroxylation sites is 1. The van der Waals surface area contributed by atoms with Gasteiger partial charge < -0.3 is 24.3 Å². The number of methoxy groups -OCH3 is 2. The summed E-state index contributed by atoms with van der Waals surface area (Å²) in [5, 5.41) is 13.6. The van der Waals surface area contributed by atoms with Gasteiger partial charge in [0.05, 0.1) is 25.3 Å². The van der Waals surface area contributed by atoms with Crippen molar-refractivity contribution in [2.45, 2.75) is 6.61 Å². The Kier molecular flexibility index (Phi) is 7.23. The first-order valence-electron chi connectivity index (χ1n) is 11.9. The minimum absolute atomic E-state index is 0.329. The van der Waals surface area contributed by atoms with Crippen molar-refractivity contribution in [1.82, 2.24) is 4.98 Å². The molecule has 7 heteroatoms. The number of ether oxygens (including phenoxy) is 4. The number of aromatic nitrogens is 1. The number of rotatable bonds is 9. The maximum Gasteiger partial charge on any atom is 0.162 e. The van der Waals surface area contributed by atoms with Crippen molar-refractivity contribution in [2.24, 2.45) is 0 Å². The summed E-state index contributed by atoms with van der Waals surface area (Å²) in [4.78, 5) is 4.46. The fourth-order valence-corrected chi connectivity index (χ4v) is 4.02. The quantitative estimate of drug-likeness (QED) is 0.227. The number of nitriles is 1. The van der Waals surface area contributed by atoms with Crippen LogP contribution in [0.3, 0.4) is 0 Å². The second kappa shape index (κ2) is 11.2. The molecule has 5 aromatic rings. The highest BCUT2D eigenvalue weighted by Crippen LogP contribution is 2.35. The van der Waals surface area contributed by atoms with E-state index in [-0.39, 0.29) is 0 Å². The van der Waals surface area contributed by atoms with Crippen LogP contribution in [0.2, 0.25) is 0 Å². The van der Waals surface area contributed by atoms with Crippen molar-refractivity contribution in [1.29, 1.82) is 5.26 Å². The normalized spacial score (nSPS) is 10.4. The molecule has 5 rings (SSSR count). The average molecular weight is 504 g/mol. The van der Waals surface area contributed by atoms with Crippen LogP contribution in [-0.4, -0.2) is 19.2 Å². The molecule has 188 valence electrons. The van der Waals surface area contributed by atoms with Crippen molar-refractivity contribution in [3.63, 3.8) is 0 Å². The lowest BCUT2D eigenvalue weighted by Crippen LogP contribution is -1.97. The van der Waals surface area contributed by atoms with Crippen LogP contribution >= 0.6 is 0 Å². The van der Waals surface area contributed by atoms with E-state index in [0.29, 0.717) is 40.9 Å². The molecule has 0 aliphatic carbocycles. The SMILES string of the molecule is COc1cc2nccc(Nc3ccc(Oc4cccc(COc5ccccc5C#N)c4)cc3)c2cc1OC. The van der Waals surface area contributed by atoms with Gasteiger partial charge in [0.2, 0.25) is 0 Å². The lowest BCUT2D eigenvalue weighted by molar-refractivity contribution is 0.304. The molecule has 0 fully saturated rings. The van der Waals surface area contributed by atoms with Gasteiger partial charge in [-0.05, 0) is 66.2 Å². The molecule has 0 atom stereocenters. The van der Waals surface area contributed by atoms with Crippen molar-refractivity contribution in [3.05, 3.63) is 108 Å². The number of benzene rings is 4. The highest BCUT2D eigenvalue weighted by molar-refractivity contribution is 5.95. The molecule has 0 aliphatic rings. The van der Waals surface area contributed by atoms with E-state index in [1.807, 2.05) is 78.9 Å². The van der Waals surface area contributed by atoms with E-state index in [1.165, 1.54) is 0 Å². The summed E-state index contributed by atoms with van der Waals surface area (Å²) in [6.07, 6.45) is 1.75. The van der Waals surface area contributed by atoms with Gasteiger partial charge in [0, 0.05) is 29.0 Å². The van der Waals surface area contributed by atoms with E-state index in [9.17, 15) is 5.26 Å². The fourth-order valence-electron chi connectivity index (χ4n) is 4.02. The van der Waals surface area contributed by atoms with E-state index in [1.54, 1.807) is 32.5 Å². The van der Waals surface area contributed by atoms with Gasteiger partial charge in [-0.25, -0.2) is 0 Å². The molecule has 0 amide bonds. The van der Waals surface area contributed by atoms with Crippen LogP contribution in [0, 0.1) is 11.3 Å². The van der Waals surface area contributed by atoms with Crippen molar-refractivity contribution in [2.75, 3.05) is 19.5 Å². The average Bonchev–Trinajstić information content (AvgIpc) is 2.97. The summed E-state index contributed by atoms with van der Waals surface area (Å²) in [6.45, 7) is 0.329. The van der Waals surface area contributed by atoms with Gasteiger partial charge in [0.1, 0.15) is 29.9 Å². The molecule has 0 bridgehead atoms. The molecule has 0 spiro atoms. The third-order valence-electron chi connectivity index (χ3n) is 5.92. The standard InChI is InChI=1S/C31H25N3O4/c1-35-30-17-26-27(14-15-33-28(26)18-31(30)36-2)34-23-10-12-24(13-11-23)38-25-8-5-6-21(16-25)20-37-29-9-4-3-7-22(29)19-32/h3-18H,20H2,1-2H3,(H,33,34). The summed E-state index contributed by atoms with van der Waals surface area (Å²) < 4.78 is 22.8. The maximum absolute atomic E-state index is 9.25. The third kappa shape index (κ3) is 5.45. The molecule has 0 saturated heterocycles. The maximum atomic E-state index is 9.25. The Bertz CT molecular complexity index is 1610. The predicted octanol–water partition coefficient (Wildman–Crippen LogP) is 7.24. The summed E-state index contributed by atoms with van der Waals surface area (Å²) in [5.74, 6) is 3.23. The summed E-state index contributed by atoms with van der Waals surface area (Å²) in [5.41, 5.74) is 4.04. The molecular weight excluding hydrogens is 478 g/mol. The van der Waals surface area contributed by atoms with Crippen LogP contribution in [0.25, 0.3) is 10.9 Å². The predicted molar refractivity (Wildman–Crippen MR) is 147 cm³/mol. The van der Waals surface area contributed by atoms with Crippen LogP contribution in [-0.2, 0) is 6.61 Å². The number of hydrogen-bond donors (Lipinski definition) is 1. The number of pyridine rings is 1. The minimum Gasteiger partial charge on any atom is -0.493 e. The summed E-state index contributed by atoms with van der Waals surface area (Å²) in [6, 6.07) is 30.4. The van der Waals surface area contributed by atoms with E-state index >= 15 is 0 Å². The van der Waals surface area contributed by atoms with Crippen molar-refractivity contribution < 1.29 is 18.9 Å². The first-order chi connectivity index (χ1) is 18.7. The summed E-state index contributed by atoms with van der Waals surface area (Å²) in [7, 11) is 3.22. The minimum atomic E-state index is 0.329. The van der Waals surface area contributed by atoms with Crippen molar-refractivity contribution in [3.8, 4) is 34.8 Å². The Balaban J connectivity index is 1.27. The zero-order valence-corrected chi connectivity index (χ0v) is 21.0. The highest BCUT2D eigenvalue weighted by atomic mass is 16.5. The van der Waals surface area contributed by atoms with Crippen LogP contribution < -0.4 is 24.3 Å².